The van der Waals surface area contributed by atoms with Gasteiger partial charge >= 0.3 is 0 Å². The number of aliphatic hydroxyl groups is 2. The Morgan fingerprint density at radius 3 is 1.64 bits per heavy atom. The van der Waals surface area contributed by atoms with Crippen LogP contribution in [-0.4, -0.2) is 64.6 Å². The molecule has 0 spiro atoms. The Morgan fingerprint density at radius 2 is 1.24 bits per heavy atom. The first-order chi connectivity index (χ1) is 12.2. The number of anilines is 3. The van der Waals surface area contributed by atoms with Gasteiger partial charge in [-0.25, -0.2) is 16.0 Å². The molecule has 0 fully saturated rings. The van der Waals surface area contributed by atoms with Crippen molar-refractivity contribution in [3.05, 3.63) is 0 Å². The van der Waals surface area contributed by atoms with Crippen LogP contribution in [0.15, 0.2) is 0 Å². The lowest BCUT2D eigenvalue weighted by Crippen LogP contribution is -2.50. The van der Waals surface area contributed by atoms with Gasteiger partial charge in [0.05, 0.1) is 13.2 Å². The van der Waals surface area contributed by atoms with E-state index in [-0.39, 0.29) is 13.2 Å². The number of hydrogen-bond acceptors (Lipinski definition) is 10. The van der Waals surface area contributed by atoms with Crippen molar-refractivity contribution in [1.82, 2.24) is 25.8 Å². The Bertz CT molecular complexity index is 427. The molecule has 0 amide bonds. The molecule has 0 aromatic carbocycles. The van der Waals surface area contributed by atoms with Crippen molar-refractivity contribution >= 4 is 17.8 Å². The Balaban J connectivity index is 2.92. The van der Waals surface area contributed by atoms with Gasteiger partial charge < -0.3 is 20.8 Å². The first kappa shape index (κ1) is 21.3. The molecular formula is C15H32N8O2. The molecule has 0 saturated carbocycles. The van der Waals surface area contributed by atoms with Gasteiger partial charge in [0.15, 0.2) is 0 Å². The van der Waals surface area contributed by atoms with E-state index in [0.717, 1.165) is 38.8 Å². The molecule has 0 unspecified atom stereocenters. The fraction of sp³-hybridized carbons (Fsp3) is 0.800. The predicted octanol–water partition coefficient (Wildman–Crippen LogP) is 0.0958. The summed E-state index contributed by atoms with van der Waals surface area (Å²) in [7, 11) is 0. The third kappa shape index (κ3) is 8.77. The highest BCUT2D eigenvalue weighted by molar-refractivity contribution is 5.42. The highest BCUT2D eigenvalue weighted by Crippen LogP contribution is 2.11. The van der Waals surface area contributed by atoms with Crippen molar-refractivity contribution in [2.24, 2.45) is 0 Å². The molecular weight excluding hydrogens is 324 g/mol. The molecule has 1 rings (SSSR count). The molecule has 144 valence electrons. The zero-order valence-corrected chi connectivity index (χ0v) is 15.3. The summed E-state index contributed by atoms with van der Waals surface area (Å²) in [5.41, 5.74) is 6.56. The molecule has 0 atom stereocenters. The highest BCUT2D eigenvalue weighted by Gasteiger charge is 2.13. The van der Waals surface area contributed by atoms with Crippen molar-refractivity contribution in [2.45, 2.75) is 39.5 Å². The fourth-order valence-corrected chi connectivity index (χ4v) is 1.89. The van der Waals surface area contributed by atoms with Crippen LogP contribution < -0.4 is 26.6 Å². The molecule has 0 bridgehead atoms. The summed E-state index contributed by atoms with van der Waals surface area (Å²) in [6.45, 7) is 6.49. The van der Waals surface area contributed by atoms with Crippen molar-refractivity contribution in [1.29, 1.82) is 0 Å². The van der Waals surface area contributed by atoms with Crippen LogP contribution in [0.3, 0.4) is 0 Å². The van der Waals surface area contributed by atoms with Crippen molar-refractivity contribution in [3.63, 3.8) is 0 Å². The van der Waals surface area contributed by atoms with Gasteiger partial charge in [0.1, 0.15) is 0 Å². The third-order valence-corrected chi connectivity index (χ3v) is 3.21. The van der Waals surface area contributed by atoms with E-state index >= 15 is 0 Å². The van der Waals surface area contributed by atoms with E-state index in [1.165, 1.54) is 0 Å². The van der Waals surface area contributed by atoms with Gasteiger partial charge in [-0.1, -0.05) is 26.7 Å². The maximum absolute atomic E-state index is 8.99. The first-order valence-electron chi connectivity index (χ1n) is 8.97. The van der Waals surface area contributed by atoms with Crippen LogP contribution in [-0.2, 0) is 0 Å². The third-order valence-electron chi connectivity index (χ3n) is 3.21. The maximum atomic E-state index is 8.99. The molecule has 0 saturated heterocycles. The molecule has 1 heterocycles. The highest BCUT2D eigenvalue weighted by atomic mass is 16.3. The van der Waals surface area contributed by atoms with E-state index in [4.69, 9.17) is 10.2 Å². The van der Waals surface area contributed by atoms with Crippen molar-refractivity contribution in [3.8, 4) is 0 Å². The van der Waals surface area contributed by atoms with Gasteiger partial charge in [-0.15, -0.1) is 0 Å². The van der Waals surface area contributed by atoms with Crippen molar-refractivity contribution < 1.29 is 10.2 Å². The largest absolute Gasteiger partial charge is 0.395 e. The first-order valence-corrected chi connectivity index (χ1v) is 8.97. The molecule has 10 nitrogen and oxygen atoms in total. The summed E-state index contributed by atoms with van der Waals surface area (Å²) in [6.07, 6.45) is 4.23. The Labute approximate surface area is 149 Å². The zero-order valence-electron chi connectivity index (χ0n) is 15.3. The monoisotopic (exact) mass is 356 g/mol. The van der Waals surface area contributed by atoms with Crippen LogP contribution in [0.25, 0.3) is 0 Å². The lowest BCUT2D eigenvalue weighted by atomic mass is 10.3. The van der Waals surface area contributed by atoms with Crippen LogP contribution in [0.5, 0.6) is 0 Å². The summed E-state index contributed by atoms with van der Waals surface area (Å²) in [5.74, 6) is 1.14. The van der Waals surface area contributed by atoms with E-state index in [1.54, 1.807) is 5.12 Å². The van der Waals surface area contributed by atoms with Crippen LogP contribution in [0.2, 0.25) is 0 Å². The molecule has 6 N–H and O–H groups in total. The summed E-state index contributed by atoms with van der Waals surface area (Å²) in [6, 6.07) is 0. The number of unbranched alkanes of at least 4 members (excludes halogenated alkanes) is 2. The number of aromatic nitrogens is 3. The Hall–Kier alpha value is -1.75. The lowest BCUT2D eigenvalue weighted by molar-refractivity contribution is 0.310. The average molecular weight is 356 g/mol. The second-order valence-corrected chi connectivity index (χ2v) is 5.44. The van der Waals surface area contributed by atoms with Crippen molar-refractivity contribution in [2.75, 3.05) is 55.1 Å². The maximum Gasteiger partial charge on any atom is 0.262 e. The molecule has 0 aliphatic rings. The van der Waals surface area contributed by atoms with Gasteiger partial charge in [0, 0.05) is 26.2 Å². The van der Waals surface area contributed by atoms with E-state index in [0.29, 0.717) is 30.9 Å². The summed E-state index contributed by atoms with van der Waals surface area (Å²) < 4.78 is 0. The minimum atomic E-state index is -0.0202. The Morgan fingerprint density at radius 1 is 0.760 bits per heavy atom. The predicted molar refractivity (Wildman–Crippen MR) is 99.3 cm³/mol. The second-order valence-electron chi connectivity index (χ2n) is 5.44. The number of aliphatic hydroxyl groups excluding tert-OH is 2. The lowest BCUT2D eigenvalue weighted by Gasteiger charge is -2.24. The topological polar surface area (TPSA) is 130 Å². The summed E-state index contributed by atoms with van der Waals surface area (Å²) in [4.78, 5) is 13.0. The molecule has 1 aromatic heterocycles. The molecule has 0 aliphatic carbocycles. The SMILES string of the molecule is CCCCNN(NCCCC)c1nc(NCCO)nc(NCCO)n1. The zero-order chi connectivity index (χ0) is 18.3. The molecule has 0 radical (unpaired) electrons. The number of hydrogen-bond donors (Lipinski definition) is 6. The van der Waals surface area contributed by atoms with E-state index < -0.39 is 0 Å². The van der Waals surface area contributed by atoms with Gasteiger partial charge in [0.2, 0.25) is 11.9 Å². The Kier molecular flexibility index (Phi) is 11.5. The standard InChI is InChI=1S/C15H32N8O2/c1-3-5-7-18-23(19-8-6-4-2)15-21-13(16-9-11-24)20-14(22-15)17-10-12-25/h18-19,24-25H,3-12H2,1-2H3,(H2,16,17,20,21,22). The molecule has 10 heteroatoms. The fourth-order valence-electron chi connectivity index (χ4n) is 1.89. The minimum absolute atomic E-state index is 0.0202. The second kappa shape index (κ2) is 13.5. The summed E-state index contributed by atoms with van der Waals surface area (Å²) in [5, 5.41) is 25.6. The minimum Gasteiger partial charge on any atom is -0.395 e. The normalized spacial score (nSPS) is 10.7. The van der Waals surface area contributed by atoms with E-state index in [1.807, 2.05) is 0 Å². The number of rotatable bonds is 15. The molecule has 25 heavy (non-hydrogen) atoms. The van der Waals surface area contributed by atoms with Gasteiger partial charge in [-0.2, -0.15) is 15.0 Å². The summed E-state index contributed by atoms with van der Waals surface area (Å²) >= 11 is 0. The van der Waals surface area contributed by atoms with Crippen LogP contribution in [0.1, 0.15) is 39.5 Å². The van der Waals surface area contributed by atoms with Gasteiger partial charge in [0.25, 0.3) is 5.95 Å². The van der Waals surface area contributed by atoms with Crippen LogP contribution in [0, 0.1) is 0 Å². The van der Waals surface area contributed by atoms with Crippen LogP contribution >= 0.6 is 0 Å². The number of nitrogens with zero attached hydrogens (tertiary/aromatic N) is 4. The van der Waals surface area contributed by atoms with Gasteiger partial charge in [-0.05, 0) is 12.8 Å². The smallest absolute Gasteiger partial charge is 0.262 e. The van der Waals surface area contributed by atoms with Crippen LogP contribution in [0.4, 0.5) is 17.8 Å². The van der Waals surface area contributed by atoms with E-state index in [2.05, 4.69) is 50.3 Å². The quantitative estimate of drug-likeness (QED) is 0.190. The molecule has 0 aliphatic heterocycles. The van der Waals surface area contributed by atoms with Gasteiger partial charge in [-0.3, -0.25) is 0 Å². The molecule has 1 aromatic rings. The number of hydrazine groups is 2. The average Bonchev–Trinajstić information content (AvgIpc) is 2.63. The van der Waals surface area contributed by atoms with E-state index in [9.17, 15) is 0 Å². The number of nitrogens with one attached hydrogen (secondary N) is 4.